The second-order valence-corrected chi connectivity index (χ2v) is 11.9. The van der Waals surface area contributed by atoms with E-state index in [9.17, 15) is 21.6 Å². The summed E-state index contributed by atoms with van der Waals surface area (Å²) in [4.78, 5) is 14.7. The Kier molecular flexibility index (Phi) is 8.69. The summed E-state index contributed by atoms with van der Waals surface area (Å²) in [6.45, 7) is 6.23. The van der Waals surface area contributed by atoms with E-state index < -0.39 is 26.0 Å². The molecule has 1 aliphatic rings. The highest BCUT2D eigenvalue weighted by molar-refractivity contribution is 7.89. The van der Waals surface area contributed by atoms with Crippen LogP contribution in [-0.4, -0.2) is 82.9 Å². The number of sulfonamides is 2. The zero-order valence-electron chi connectivity index (χ0n) is 19.6. The van der Waals surface area contributed by atoms with Crippen LogP contribution in [0.3, 0.4) is 0 Å². The maximum Gasteiger partial charge on any atom is 0.251 e. The van der Waals surface area contributed by atoms with Gasteiger partial charge in [-0.25, -0.2) is 16.8 Å². The molecule has 0 radical (unpaired) electrons. The number of anilines is 1. The van der Waals surface area contributed by atoms with Crippen LogP contribution < -0.4 is 10.2 Å². The molecule has 1 saturated heterocycles. The molecule has 1 aliphatic heterocycles. The molecule has 0 saturated carbocycles. The lowest BCUT2D eigenvalue weighted by atomic mass is 10.2. The van der Waals surface area contributed by atoms with Gasteiger partial charge in [-0.3, -0.25) is 4.79 Å². The molecule has 0 atom stereocenters. The molecule has 0 bridgehead atoms. The van der Waals surface area contributed by atoms with E-state index in [1.807, 2.05) is 30.3 Å². The molecule has 2 aromatic rings. The Bertz CT molecular complexity index is 1160. The number of para-hydroxylation sites is 1. The van der Waals surface area contributed by atoms with E-state index in [0.717, 1.165) is 5.69 Å². The van der Waals surface area contributed by atoms with Crippen molar-refractivity contribution in [1.29, 1.82) is 0 Å². The number of amides is 1. The summed E-state index contributed by atoms with van der Waals surface area (Å²) in [6, 6.07) is 15.5. The van der Waals surface area contributed by atoms with Gasteiger partial charge in [-0.1, -0.05) is 32.0 Å². The lowest BCUT2D eigenvalue weighted by molar-refractivity contribution is 0.0956. The SMILES string of the molecule is CCN(CC)S(=O)(=O)c1ccc(C(=O)NCCS(=O)(=O)N2CCN(c3ccccc3)CC2)cc1. The predicted octanol–water partition coefficient (Wildman–Crippen LogP) is 1.60. The smallest absolute Gasteiger partial charge is 0.251 e. The van der Waals surface area contributed by atoms with Gasteiger partial charge in [-0.15, -0.1) is 0 Å². The van der Waals surface area contributed by atoms with E-state index in [0.29, 0.717) is 39.3 Å². The Morgan fingerprint density at radius 1 is 0.882 bits per heavy atom. The Morgan fingerprint density at radius 2 is 1.47 bits per heavy atom. The summed E-state index contributed by atoms with van der Waals surface area (Å²) in [6.07, 6.45) is 0. The van der Waals surface area contributed by atoms with Crippen LogP contribution in [0.2, 0.25) is 0 Å². The molecule has 1 fully saturated rings. The van der Waals surface area contributed by atoms with Crippen molar-refractivity contribution < 1.29 is 21.6 Å². The molecule has 186 valence electrons. The second kappa shape index (κ2) is 11.3. The minimum absolute atomic E-state index is 0.0282. The van der Waals surface area contributed by atoms with E-state index in [-0.39, 0.29) is 22.8 Å². The highest BCUT2D eigenvalue weighted by Gasteiger charge is 2.27. The maximum absolute atomic E-state index is 12.7. The molecular formula is C23H32N4O5S2. The first-order chi connectivity index (χ1) is 16.2. The third kappa shape index (κ3) is 6.15. The number of piperazine rings is 1. The number of nitrogens with zero attached hydrogens (tertiary/aromatic N) is 3. The van der Waals surface area contributed by atoms with Crippen LogP contribution in [0.25, 0.3) is 0 Å². The van der Waals surface area contributed by atoms with Crippen molar-refractivity contribution in [2.75, 3.05) is 56.5 Å². The van der Waals surface area contributed by atoms with Gasteiger partial charge in [0.15, 0.2) is 0 Å². The van der Waals surface area contributed by atoms with Gasteiger partial charge in [0.2, 0.25) is 20.0 Å². The fraction of sp³-hybridized carbons (Fsp3) is 0.435. The van der Waals surface area contributed by atoms with Crippen molar-refractivity contribution >= 4 is 31.6 Å². The summed E-state index contributed by atoms with van der Waals surface area (Å²) in [7, 11) is -7.10. The van der Waals surface area contributed by atoms with E-state index >= 15 is 0 Å². The number of nitrogens with one attached hydrogen (secondary N) is 1. The Hall–Kier alpha value is -2.47. The number of benzene rings is 2. The van der Waals surface area contributed by atoms with E-state index in [1.54, 1.807) is 13.8 Å². The van der Waals surface area contributed by atoms with Crippen LogP contribution in [0.15, 0.2) is 59.5 Å². The highest BCUT2D eigenvalue weighted by Crippen LogP contribution is 2.18. The van der Waals surface area contributed by atoms with Crippen molar-refractivity contribution in [2.45, 2.75) is 18.7 Å². The van der Waals surface area contributed by atoms with Gasteiger partial charge in [-0.05, 0) is 36.4 Å². The Morgan fingerprint density at radius 3 is 2.03 bits per heavy atom. The first-order valence-corrected chi connectivity index (χ1v) is 14.4. The monoisotopic (exact) mass is 508 g/mol. The molecule has 3 rings (SSSR count). The number of rotatable bonds is 10. The third-order valence-corrected chi connectivity index (χ3v) is 9.79. The Labute approximate surface area is 202 Å². The van der Waals surface area contributed by atoms with Crippen molar-refractivity contribution in [3.05, 3.63) is 60.2 Å². The minimum Gasteiger partial charge on any atom is -0.369 e. The van der Waals surface area contributed by atoms with Crippen LogP contribution in [0.5, 0.6) is 0 Å². The zero-order chi connectivity index (χ0) is 24.8. The molecule has 34 heavy (non-hydrogen) atoms. The van der Waals surface area contributed by atoms with Gasteiger partial charge in [0, 0.05) is 57.1 Å². The van der Waals surface area contributed by atoms with Crippen LogP contribution >= 0.6 is 0 Å². The summed E-state index contributed by atoms with van der Waals surface area (Å²) in [5, 5.41) is 2.62. The van der Waals surface area contributed by atoms with E-state index in [2.05, 4.69) is 10.2 Å². The molecule has 9 nitrogen and oxygen atoms in total. The molecule has 0 aromatic heterocycles. The van der Waals surface area contributed by atoms with E-state index in [4.69, 9.17) is 0 Å². The zero-order valence-corrected chi connectivity index (χ0v) is 21.2. The number of carbonyl (C=O) groups excluding carboxylic acids is 1. The van der Waals surface area contributed by atoms with Crippen LogP contribution in [0.4, 0.5) is 5.69 Å². The van der Waals surface area contributed by atoms with Crippen molar-refractivity contribution in [2.24, 2.45) is 0 Å². The lowest BCUT2D eigenvalue weighted by Crippen LogP contribution is -2.50. The maximum atomic E-state index is 12.7. The largest absolute Gasteiger partial charge is 0.369 e. The molecule has 2 aromatic carbocycles. The summed E-state index contributed by atoms with van der Waals surface area (Å²) in [5.74, 6) is -0.644. The van der Waals surface area contributed by atoms with Gasteiger partial charge in [0.1, 0.15) is 0 Å². The molecular weight excluding hydrogens is 476 g/mol. The minimum atomic E-state index is -3.60. The number of hydrogen-bond donors (Lipinski definition) is 1. The summed E-state index contributed by atoms with van der Waals surface area (Å²) < 4.78 is 53.3. The average Bonchev–Trinajstić information content (AvgIpc) is 2.85. The van der Waals surface area contributed by atoms with Crippen molar-refractivity contribution in [3.8, 4) is 0 Å². The van der Waals surface area contributed by atoms with Crippen LogP contribution in [-0.2, 0) is 20.0 Å². The molecule has 1 heterocycles. The summed E-state index contributed by atoms with van der Waals surface area (Å²) in [5.41, 5.74) is 1.34. The predicted molar refractivity (Wildman–Crippen MR) is 133 cm³/mol. The van der Waals surface area contributed by atoms with Crippen molar-refractivity contribution in [1.82, 2.24) is 13.9 Å². The second-order valence-electron chi connectivity index (χ2n) is 7.91. The fourth-order valence-electron chi connectivity index (χ4n) is 3.88. The molecule has 0 aliphatic carbocycles. The molecule has 11 heteroatoms. The van der Waals surface area contributed by atoms with Crippen molar-refractivity contribution in [3.63, 3.8) is 0 Å². The van der Waals surface area contributed by atoms with Gasteiger partial charge >= 0.3 is 0 Å². The van der Waals surface area contributed by atoms with Gasteiger partial charge in [0.05, 0.1) is 10.6 Å². The highest BCUT2D eigenvalue weighted by atomic mass is 32.2. The fourth-order valence-corrected chi connectivity index (χ4v) is 6.67. The van der Waals surface area contributed by atoms with Gasteiger partial charge < -0.3 is 10.2 Å². The topological polar surface area (TPSA) is 107 Å². The third-order valence-electron chi connectivity index (χ3n) is 5.86. The average molecular weight is 509 g/mol. The molecule has 0 unspecified atom stereocenters. The number of carbonyl (C=O) groups is 1. The normalized spacial score (nSPS) is 15.4. The molecule has 1 amide bonds. The van der Waals surface area contributed by atoms with Crippen LogP contribution in [0, 0.1) is 0 Å². The summed E-state index contributed by atoms with van der Waals surface area (Å²) >= 11 is 0. The first-order valence-electron chi connectivity index (χ1n) is 11.3. The van der Waals surface area contributed by atoms with Gasteiger partial charge in [-0.2, -0.15) is 8.61 Å². The van der Waals surface area contributed by atoms with E-state index in [1.165, 1.54) is 32.9 Å². The lowest BCUT2D eigenvalue weighted by Gasteiger charge is -2.35. The standard InChI is InChI=1S/C23H32N4O5S2/c1-3-26(4-2)34(31,32)22-12-10-20(11-13-22)23(28)24-14-19-33(29,30)27-17-15-25(16-18-27)21-8-6-5-7-9-21/h5-13H,3-4,14-19H2,1-2H3,(H,24,28). The Balaban J connectivity index is 1.50. The molecule has 0 spiro atoms. The number of hydrogen-bond acceptors (Lipinski definition) is 6. The van der Waals surface area contributed by atoms with Gasteiger partial charge in [0.25, 0.3) is 5.91 Å². The first kappa shape index (κ1) is 26.1. The quantitative estimate of drug-likeness (QED) is 0.523. The molecule has 1 N–H and O–H groups in total. The van der Waals surface area contributed by atoms with Crippen LogP contribution in [0.1, 0.15) is 24.2 Å².